The molecule has 2 heterocycles. The molecule has 3 rings (SSSR count). The van der Waals surface area contributed by atoms with E-state index < -0.39 is 9.84 Å². The number of hydrogen-bond acceptors (Lipinski definition) is 8. The fourth-order valence-electron chi connectivity index (χ4n) is 2.59. The van der Waals surface area contributed by atoms with E-state index in [1.165, 1.54) is 18.3 Å². The number of anilines is 2. The second kappa shape index (κ2) is 8.62. The molecule has 10 heteroatoms. The van der Waals surface area contributed by atoms with Crippen LogP contribution in [-0.2, 0) is 9.84 Å². The fourth-order valence-corrected chi connectivity index (χ4v) is 3.32. The molecule has 3 aromatic rings. The van der Waals surface area contributed by atoms with E-state index in [0.717, 1.165) is 17.4 Å². The summed E-state index contributed by atoms with van der Waals surface area (Å²) in [5, 5.41) is 3.77. The molecule has 1 aromatic carbocycles. The molecule has 0 bridgehead atoms. The van der Waals surface area contributed by atoms with Gasteiger partial charge in [0.05, 0.1) is 17.1 Å². The van der Waals surface area contributed by atoms with Crippen LogP contribution in [0.5, 0.6) is 5.88 Å². The van der Waals surface area contributed by atoms with E-state index in [1.54, 1.807) is 6.07 Å². The number of halogens is 1. The average molecular weight is 434 g/mol. The van der Waals surface area contributed by atoms with E-state index in [0.29, 0.717) is 35.6 Å². The highest BCUT2D eigenvalue weighted by molar-refractivity contribution is 7.90. The maximum absolute atomic E-state index is 11.4. The van der Waals surface area contributed by atoms with Crippen LogP contribution in [-0.4, -0.2) is 42.8 Å². The molecule has 29 heavy (non-hydrogen) atoms. The molecular formula is C19H20ClN5O3S. The monoisotopic (exact) mass is 433 g/mol. The molecule has 0 atom stereocenters. The molecule has 0 aliphatic heterocycles. The molecule has 0 unspecified atom stereocenters. The molecule has 0 aliphatic rings. The minimum Gasteiger partial charge on any atom is -0.476 e. The molecule has 3 N–H and O–H groups in total. The lowest BCUT2D eigenvalue weighted by Gasteiger charge is -2.11. The number of ether oxygens (including phenoxy) is 1. The topological polar surface area (TPSA) is 120 Å². The van der Waals surface area contributed by atoms with E-state index in [4.69, 9.17) is 22.1 Å². The van der Waals surface area contributed by atoms with Gasteiger partial charge in [0.2, 0.25) is 11.8 Å². The summed E-state index contributed by atoms with van der Waals surface area (Å²) < 4.78 is 28.4. The van der Waals surface area contributed by atoms with Gasteiger partial charge in [-0.1, -0.05) is 23.7 Å². The van der Waals surface area contributed by atoms with Crippen molar-refractivity contribution in [2.75, 3.05) is 30.5 Å². The van der Waals surface area contributed by atoms with Crippen molar-refractivity contribution in [2.45, 2.75) is 11.8 Å². The van der Waals surface area contributed by atoms with Gasteiger partial charge in [-0.25, -0.2) is 18.4 Å². The Morgan fingerprint density at radius 1 is 1.21 bits per heavy atom. The third-order valence-electron chi connectivity index (χ3n) is 4.08. The first kappa shape index (κ1) is 20.8. The van der Waals surface area contributed by atoms with Gasteiger partial charge >= 0.3 is 0 Å². The van der Waals surface area contributed by atoms with E-state index in [2.05, 4.69) is 20.3 Å². The zero-order valence-electron chi connectivity index (χ0n) is 15.9. The van der Waals surface area contributed by atoms with E-state index >= 15 is 0 Å². The van der Waals surface area contributed by atoms with E-state index in [9.17, 15) is 8.42 Å². The number of benzene rings is 1. The SMILES string of the molecule is Cc1c(Cl)cccc1-c1cc(NCCOc2ccc(S(C)(=O)=O)cn2)nc(N)n1. The highest BCUT2D eigenvalue weighted by Gasteiger charge is 2.10. The third kappa shape index (κ3) is 5.33. The Morgan fingerprint density at radius 3 is 2.69 bits per heavy atom. The average Bonchev–Trinajstić information content (AvgIpc) is 2.66. The van der Waals surface area contributed by atoms with Gasteiger partial charge < -0.3 is 15.8 Å². The van der Waals surface area contributed by atoms with Crippen molar-refractivity contribution in [3.05, 3.63) is 53.2 Å². The van der Waals surface area contributed by atoms with Crippen LogP contribution in [0.15, 0.2) is 47.5 Å². The number of nitrogens with two attached hydrogens (primary N) is 1. The van der Waals surface area contributed by atoms with Crippen LogP contribution < -0.4 is 15.8 Å². The van der Waals surface area contributed by atoms with Crippen molar-refractivity contribution in [1.29, 1.82) is 0 Å². The highest BCUT2D eigenvalue weighted by Crippen LogP contribution is 2.28. The van der Waals surface area contributed by atoms with Gasteiger partial charge in [-0.15, -0.1) is 0 Å². The first-order chi connectivity index (χ1) is 13.7. The summed E-state index contributed by atoms with van der Waals surface area (Å²) in [6.07, 6.45) is 2.39. The molecule has 0 amide bonds. The summed E-state index contributed by atoms with van der Waals surface area (Å²) >= 11 is 6.19. The Kier molecular flexibility index (Phi) is 6.19. The van der Waals surface area contributed by atoms with Crippen molar-refractivity contribution in [1.82, 2.24) is 15.0 Å². The third-order valence-corrected chi connectivity index (χ3v) is 5.59. The summed E-state index contributed by atoms with van der Waals surface area (Å²) in [5.74, 6) is 1.02. The molecule has 0 aliphatic carbocycles. The van der Waals surface area contributed by atoms with Crippen LogP contribution in [0.4, 0.5) is 11.8 Å². The van der Waals surface area contributed by atoms with Crippen molar-refractivity contribution in [3.63, 3.8) is 0 Å². The van der Waals surface area contributed by atoms with Crippen LogP contribution in [0.1, 0.15) is 5.56 Å². The second-order valence-corrected chi connectivity index (χ2v) is 8.71. The normalized spacial score (nSPS) is 11.3. The minimum atomic E-state index is -3.28. The number of hydrogen-bond donors (Lipinski definition) is 2. The highest BCUT2D eigenvalue weighted by atomic mass is 35.5. The number of nitrogens with one attached hydrogen (secondary N) is 1. The molecule has 8 nitrogen and oxygen atoms in total. The van der Waals surface area contributed by atoms with Crippen LogP contribution in [0.2, 0.25) is 5.02 Å². The maximum Gasteiger partial charge on any atom is 0.222 e. The Labute approximate surface area is 174 Å². The molecule has 0 radical (unpaired) electrons. The van der Waals surface area contributed by atoms with Gasteiger partial charge in [0.15, 0.2) is 9.84 Å². The predicted octanol–water partition coefficient (Wildman–Crippen LogP) is 2.98. The summed E-state index contributed by atoms with van der Waals surface area (Å²) in [7, 11) is -3.28. The second-order valence-electron chi connectivity index (χ2n) is 6.29. The standard InChI is InChI=1S/C19H20ClN5O3S/c1-12-14(4-3-5-15(12)20)16-10-17(25-19(21)24-16)22-8-9-28-18-7-6-13(11-23-18)29(2,26)27/h3-7,10-11H,8-9H2,1-2H3,(H3,21,22,24,25). The number of nitrogen functional groups attached to an aromatic ring is 1. The van der Waals surface area contributed by atoms with Crippen LogP contribution in [0.25, 0.3) is 11.3 Å². The number of rotatable bonds is 7. The zero-order chi connectivity index (χ0) is 21.0. The number of pyridine rings is 1. The molecule has 0 fully saturated rings. The maximum atomic E-state index is 11.4. The Morgan fingerprint density at radius 2 is 2.00 bits per heavy atom. The number of sulfone groups is 1. The van der Waals surface area contributed by atoms with E-state index in [-0.39, 0.29) is 10.8 Å². The van der Waals surface area contributed by atoms with Crippen molar-refractivity contribution < 1.29 is 13.2 Å². The van der Waals surface area contributed by atoms with Crippen molar-refractivity contribution in [3.8, 4) is 17.1 Å². The lowest BCUT2D eigenvalue weighted by molar-refractivity contribution is 0.319. The molecule has 152 valence electrons. The lowest BCUT2D eigenvalue weighted by Crippen LogP contribution is -2.14. The smallest absolute Gasteiger partial charge is 0.222 e. The van der Waals surface area contributed by atoms with Crippen molar-refractivity contribution >= 4 is 33.2 Å². The summed E-state index contributed by atoms with van der Waals surface area (Å²) in [6.45, 7) is 2.64. The van der Waals surface area contributed by atoms with Gasteiger partial charge in [0, 0.05) is 35.2 Å². The summed E-state index contributed by atoms with van der Waals surface area (Å²) in [5.41, 5.74) is 8.29. The van der Waals surface area contributed by atoms with Crippen molar-refractivity contribution in [2.24, 2.45) is 0 Å². The minimum absolute atomic E-state index is 0.142. The largest absolute Gasteiger partial charge is 0.476 e. The van der Waals surface area contributed by atoms with Gasteiger partial charge in [-0.2, -0.15) is 4.98 Å². The quantitative estimate of drug-likeness (QED) is 0.545. The first-order valence-electron chi connectivity index (χ1n) is 8.67. The first-order valence-corrected chi connectivity index (χ1v) is 10.9. The van der Waals surface area contributed by atoms with Gasteiger partial charge in [0.1, 0.15) is 12.4 Å². The molecule has 0 saturated carbocycles. The van der Waals surface area contributed by atoms with Gasteiger partial charge in [0.25, 0.3) is 0 Å². The number of nitrogens with zero attached hydrogens (tertiary/aromatic N) is 3. The number of aromatic nitrogens is 3. The predicted molar refractivity (Wildman–Crippen MR) is 113 cm³/mol. The summed E-state index contributed by atoms with van der Waals surface area (Å²) in [6, 6.07) is 10.3. The van der Waals surface area contributed by atoms with Gasteiger partial charge in [-0.3, -0.25) is 0 Å². The van der Waals surface area contributed by atoms with Crippen LogP contribution in [0.3, 0.4) is 0 Å². The molecule has 2 aromatic heterocycles. The Hall–Kier alpha value is -2.91. The fraction of sp³-hybridized carbons (Fsp3) is 0.211. The van der Waals surface area contributed by atoms with Crippen LogP contribution in [0, 0.1) is 6.92 Å². The Bertz CT molecular complexity index is 1120. The van der Waals surface area contributed by atoms with E-state index in [1.807, 2.05) is 25.1 Å². The zero-order valence-corrected chi connectivity index (χ0v) is 17.5. The molecule has 0 saturated heterocycles. The lowest BCUT2D eigenvalue weighted by atomic mass is 10.1. The molecular weight excluding hydrogens is 414 g/mol. The van der Waals surface area contributed by atoms with Crippen LogP contribution >= 0.6 is 11.6 Å². The van der Waals surface area contributed by atoms with Gasteiger partial charge in [-0.05, 0) is 24.6 Å². The Balaban J connectivity index is 1.63. The molecule has 0 spiro atoms. The summed E-state index contributed by atoms with van der Waals surface area (Å²) in [4.78, 5) is 12.6.